The maximum atomic E-state index is 15.0. The van der Waals surface area contributed by atoms with Crippen LogP contribution in [0.15, 0.2) is 212 Å². The minimum atomic E-state index is -1.68. The number of rotatable bonds is 46. The predicted molar refractivity (Wildman–Crippen MR) is 483 cm³/mol. The number of nitrogens with one attached hydrogen (secondary N) is 11. The second-order valence-electron chi connectivity index (χ2n) is 33.7. The lowest BCUT2D eigenvalue weighted by Crippen LogP contribution is -2.61. The van der Waals surface area contributed by atoms with Crippen molar-refractivity contribution in [2.24, 2.45) is 17.6 Å². The Bertz CT molecular complexity index is 4870. The molecule has 0 aliphatic carbocycles. The summed E-state index contributed by atoms with van der Waals surface area (Å²) in [6.45, 7) is 19.2. The third-order valence-corrected chi connectivity index (χ3v) is 22.6. The monoisotopic (exact) mass is 1700 g/mol. The van der Waals surface area contributed by atoms with Gasteiger partial charge in [0.15, 0.2) is 0 Å². The number of aliphatic hydroxyl groups excluding tert-OH is 2. The Labute approximate surface area is 734 Å². The Balaban J connectivity index is 0.866. The Morgan fingerprint density at radius 1 is 0.456 bits per heavy atom. The van der Waals surface area contributed by atoms with E-state index in [1.807, 2.05) is 167 Å². The molecule has 0 radical (unpaired) electrons. The van der Waals surface area contributed by atoms with Gasteiger partial charge >= 0.3 is 0 Å². The molecule has 15 N–H and O–H groups in total. The number of likely N-dealkylation sites (tertiary alicyclic amines) is 1. The topological polar surface area (TPSA) is 390 Å². The van der Waals surface area contributed by atoms with Crippen LogP contribution in [0, 0.1) is 32.6 Å². The average molecular weight is 1710 g/mol. The van der Waals surface area contributed by atoms with Gasteiger partial charge in [0.25, 0.3) is 0 Å². The largest absolute Gasteiger partial charge is 0.376 e. The highest BCUT2D eigenvalue weighted by molar-refractivity contribution is 5.98. The summed E-state index contributed by atoms with van der Waals surface area (Å²) in [4.78, 5) is 156. The zero-order chi connectivity index (χ0) is 90.4. The van der Waals surface area contributed by atoms with Crippen molar-refractivity contribution >= 4 is 64.7 Å². The van der Waals surface area contributed by atoms with Gasteiger partial charge in [-0.15, -0.1) is 0 Å². The highest BCUT2D eigenvalue weighted by Gasteiger charge is 2.41. The summed E-state index contributed by atoms with van der Waals surface area (Å²) in [5, 5.41) is 56.6. The van der Waals surface area contributed by atoms with Gasteiger partial charge in [0.1, 0.15) is 60.3 Å². The van der Waals surface area contributed by atoms with Gasteiger partial charge < -0.3 is 63.4 Å². The third-order valence-electron chi connectivity index (χ3n) is 22.6. The zero-order valence-corrected chi connectivity index (χ0v) is 73.6. The van der Waals surface area contributed by atoms with Crippen LogP contribution in [0.2, 0.25) is 0 Å². The van der Waals surface area contributed by atoms with Gasteiger partial charge in [-0.2, -0.15) is 0 Å². The number of amides is 9. The molecule has 0 aromatic heterocycles. The molecular weight excluding hydrogens is 1580 g/mol. The van der Waals surface area contributed by atoms with E-state index in [0.717, 1.165) is 55.6 Å². The summed E-state index contributed by atoms with van der Waals surface area (Å²) in [6, 6.07) is 56.5. The molecule has 0 unspecified atom stereocenters. The lowest BCUT2D eigenvalue weighted by molar-refractivity contribution is -0.140. The zero-order valence-electron chi connectivity index (χ0n) is 73.6. The van der Waals surface area contributed by atoms with Gasteiger partial charge in [0, 0.05) is 38.9 Å². The smallest absolute Gasteiger partial charge is 0.243 e. The summed E-state index contributed by atoms with van der Waals surface area (Å²) in [6.07, 6.45) is -2.89. The molecule has 664 valence electrons. The van der Waals surface area contributed by atoms with Crippen molar-refractivity contribution in [3.8, 4) is 11.1 Å². The van der Waals surface area contributed by atoms with Crippen LogP contribution >= 0.6 is 0 Å². The molecule has 1 saturated heterocycles. The van der Waals surface area contributed by atoms with Crippen molar-refractivity contribution < 1.29 is 63.0 Å². The van der Waals surface area contributed by atoms with E-state index in [2.05, 4.69) is 114 Å². The number of nitrogens with two attached hydrogens (primary N) is 1. The Kier molecular flexibility index (Phi) is 36.6. The number of carbonyl (C=O) groups is 11. The molecule has 1 heterocycles. The first kappa shape index (κ1) is 96.9. The number of carbonyl (C=O) groups excluding carboxylic acids is 11. The van der Waals surface area contributed by atoms with Crippen molar-refractivity contribution in [3.63, 3.8) is 0 Å². The molecule has 125 heavy (non-hydrogen) atoms. The summed E-state index contributed by atoms with van der Waals surface area (Å²) in [5.41, 5.74) is 17.2. The molecule has 1 aliphatic rings. The van der Waals surface area contributed by atoms with E-state index in [0.29, 0.717) is 49.0 Å². The van der Waals surface area contributed by atoms with Crippen molar-refractivity contribution in [1.82, 2.24) is 63.4 Å². The lowest BCUT2D eigenvalue weighted by Gasteiger charge is -2.37. The van der Waals surface area contributed by atoms with Crippen molar-refractivity contribution in [2.45, 2.75) is 232 Å². The first-order valence-corrected chi connectivity index (χ1v) is 43.4. The van der Waals surface area contributed by atoms with Crippen LogP contribution in [-0.4, -0.2) is 166 Å². The molecule has 8 aromatic carbocycles. The third kappa shape index (κ3) is 28.6. The Hall–Kier alpha value is -11.9. The second-order valence-corrected chi connectivity index (χ2v) is 33.7. The molecular formula is C99H125N13O13. The van der Waals surface area contributed by atoms with Crippen LogP contribution in [-0.2, 0) is 90.6 Å². The predicted octanol–water partition coefficient (Wildman–Crippen LogP) is 8.08. The van der Waals surface area contributed by atoms with Gasteiger partial charge in [-0.1, -0.05) is 271 Å². The number of Topliss-reactive ketones (excluding diaryl/α,β-unsaturated/α-hetero) is 2. The quantitative estimate of drug-likeness (QED) is 0.0127. The van der Waals surface area contributed by atoms with Crippen LogP contribution < -0.4 is 64.2 Å². The molecule has 0 spiro atoms. The summed E-state index contributed by atoms with van der Waals surface area (Å²) < 4.78 is 0. The lowest BCUT2D eigenvalue weighted by atomic mass is 9.76. The fraction of sp³-hybridized carbons (Fsp3) is 0.404. The van der Waals surface area contributed by atoms with E-state index in [9.17, 15) is 63.0 Å². The molecule has 8 aromatic rings. The van der Waals surface area contributed by atoms with Gasteiger partial charge in [0.05, 0.1) is 36.3 Å². The Morgan fingerprint density at radius 3 is 1.44 bits per heavy atom. The average Bonchev–Trinajstić information content (AvgIpc) is 1.20. The van der Waals surface area contributed by atoms with Gasteiger partial charge in [-0.3, -0.25) is 68.7 Å². The fourth-order valence-corrected chi connectivity index (χ4v) is 15.6. The number of hydrogen-bond acceptors (Lipinski definition) is 17. The van der Waals surface area contributed by atoms with E-state index < -0.39 is 150 Å². The standard InChI is InChI=1S/C99H125N13O13/c1-12-79(104-96(123)86-33-24-50-112(86)98(125)78(100)51-61(3)4)91(118)107-82(53-67(11)114)93(120)110-85(56-69-42-36-64(8)37-43-69)95(122)108-83(55-68-40-34-63(7)35-41-68)90(117)102-60-87(115)111-88(62(5)6)97(124)105-80(13-2)92(119)109-84(57-70-44-46-74(47-45-70)73-27-17-14-18-28-73)94(121)106-81(52-66(10)113)89(116)101-58-71-25-23-26-72(54-71)59-103-99(75-29-19-15-20-30-75,76-31-21-16-22-32-76)77-48-38-65(9)39-49-77/h14-23,25-32,34-49,54,61-62,78-86,88,90,94,102-103,106,117,121H,12-13,24,33,50-53,55-60,100H2,1-11H3,(H,101,116)(H,104,123)(H,105,124)(H,107,118)(H,108,122)(H,109,119)(H,110,120)(H,111,115)/t78-,79-,80-,81-,82-,83-,84-,85-,86-,88-,90-,94-/m0/s1. The fourth-order valence-electron chi connectivity index (χ4n) is 15.6. The second kappa shape index (κ2) is 47.3. The molecule has 0 bridgehead atoms. The highest BCUT2D eigenvalue weighted by Crippen LogP contribution is 2.38. The molecule has 26 nitrogen and oxygen atoms in total. The van der Waals surface area contributed by atoms with Crippen LogP contribution in [0.1, 0.15) is 162 Å². The van der Waals surface area contributed by atoms with Gasteiger partial charge in [-0.05, 0) is 147 Å². The number of nitrogens with zero attached hydrogens (tertiary/aromatic N) is 1. The minimum absolute atomic E-state index is 0.00809. The number of ketones is 2. The molecule has 26 heteroatoms. The van der Waals surface area contributed by atoms with Crippen molar-refractivity contribution in [2.75, 3.05) is 13.1 Å². The molecule has 1 fully saturated rings. The minimum Gasteiger partial charge on any atom is -0.376 e. The maximum Gasteiger partial charge on any atom is 0.243 e. The Morgan fingerprint density at radius 2 is 0.904 bits per heavy atom. The van der Waals surface area contributed by atoms with E-state index in [1.54, 1.807) is 52.0 Å². The van der Waals surface area contributed by atoms with Gasteiger partial charge in [-0.25, -0.2) is 0 Å². The normalized spacial score (nSPS) is 15.4. The molecule has 12 atom stereocenters. The first-order chi connectivity index (χ1) is 59.8. The summed E-state index contributed by atoms with van der Waals surface area (Å²) in [7, 11) is 0. The van der Waals surface area contributed by atoms with Crippen LogP contribution in [0.5, 0.6) is 0 Å². The number of hydrogen-bond donors (Lipinski definition) is 14. The van der Waals surface area contributed by atoms with Crippen molar-refractivity contribution in [3.05, 3.63) is 274 Å². The molecule has 9 amide bonds. The maximum absolute atomic E-state index is 15.0. The van der Waals surface area contributed by atoms with Crippen LogP contribution in [0.3, 0.4) is 0 Å². The molecule has 0 saturated carbocycles. The SMILES string of the molecule is CC[C@H](NC(=O)[C@@H](NC(=O)CN[C@@H](O)[C@H](Cc1ccc(C)cc1)NC(=O)[C@H](Cc1ccc(C)cc1)NC(=O)[C@H](CC(C)=O)NC(=O)[C@H](CC)NC(=O)[C@@H]1CCCN1C(=O)[C@@H](N)CC(C)C)C(C)C)C(=O)N[C@@H](Cc1ccc(-c2ccccc2)cc1)[C@H](O)N[C@@H](CC(C)=O)C(=O)NCc1cccc(CNC(c2ccccc2)(c2ccccc2)c2ccc(C)cc2)c1. The van der Waals surface area contributed by atoms with E-state index in [1.165, 1.54) is 18.7 Å². The molecule has 9 rings (SSSR count). The number of aryl methyl sites for hydroxylation is 3. The van der Waals surface area contributed by atoms with E-state index in [4.69, 9.17) is 5.73 Å². The van der Waals surface area contributed by atoms with Crippen LogP contribution in [0.25, 0.3) is 11.1 Å². The van der Waals surface area contributed by atoms with Crippen molar-refractivity contribution in [1.29, 1.82) is 0 Å². The highest BCUT2D eigenvalue weighted by atomic mass is 16.3. The van der Waals surface area contributed by atoms with Crippen LogP contribution in [0.4, 0.5) is 0 Å². The summed E-state index contributed by atoms with van der Waals surface area (Å²) >= 11 is 0. The summed E-state index contributed by atoms with van der Waals surface area (Å²) in [5.74, 6) is -7.53. The van der Waals surface area contributed by atoms with E-state index >= 15 is 0 Å². The number of aliphatic hydroxyl groups is 2. The van der Waals surface area contributed by atoms with E-state index in [-0.39, 0.29) is 62.7 Å². The number of benzene rings is 8. The first-order valence-electron chi connectivity index (χ1n) is 43.4. The van der Waals surface area contributed by atoms with Gasteiger partial charge in [0.2, 0.25) is 53.2 Å². The molecule has 1 aliphatic heterocycles.